The maximum absolute atomic E-state index is 6.01. The topological polar surface area (TPSA) is 60.2 Å². The van der Waals surface area contributed by atoms with Crippen LogP contribution in [0.15, 0.2) is 18.3 Å². The standard InChI is InChI=1S/C15H25N3O/c1-2-19-13-7-6-10-17-14(13)18-12-15(11-16)8-4-3-5-9-15/h6-7,10H,2-5,8-9,11-12,16H2,1H3,(H,17,18). The van der Waals surface area contributed by atoms with Crippen LogP contribution in [0.4, 0.5) is 5.82 Å². The van der Waals surface area contributed by atoms with Crippen molar-refractivity contribution in [1.82, 2.24) is 4.98 Å². The van der Waals surface area contributed by atoms with Crippen LogP contribution < -0.4 is 15.8 Å². The number of nitrogens with one attached hydrogen (secondary N) is 1. The van der Waals surface area contributed by atoms with Crippen molar-refractivity contribution in [3.05, 3.63) is 18.3 Å². The van der Waals surface area contributed by atoms with E-state index in [1.165, 1.54) is 32.1 Å². The summed E-state index contributed by atoms with van der Waals surface area (Å²) in [5, 5.41) is 3.44. The van der Waals surface area contributed by atoms with E-state index in [0.29, 0.717) is 6.61 Å². The molecule has 0 unspecified atom stereocenters. The molecular formula is C15H25N3O. The highest BCUT2D eigenvalue weighted by atomic mass is 16.5. The predicted octanol–water partition coefficient (Wildman–Crippen LogP) is 2.80. The minimum absolute atomic E-state index is 0.235. The van der Waals surface area contributed by atoms with Crippen LogP contribution in [0.1, 0.15) is 39.0 Å². The lowest BCUT2D eigenvalue weighted by molar-refractivity contribution is 0.215. The molecule has 106 valence electrons. The Morgan fingerprint density at radius 2 is 2.16 bits per heavy atom. The van der Waals surface area contributed by atoms with Gasteiger partial charge in [0.05, 0.1) is 6.61 Å². The summed E-state index contributed by atoms with van der Waals surface area (Å²) in [4.78, 5) is 4.37. The molecule has 0 atom stereocenters. The van der Waals surface area contributed by atoms with Crippen molar-refractivity contribution in [3.63, 3.8) is 0 Å². The number of rotatable bonds is 6. The van der Waals surface area contributed by atoms with Crippen molar-refractivity contribution < 1.29 is 4.74 Å². The molecule has 1 aliphatic rings. The number of anilines is 1. The molecule has 1 aromatic rings. The summed E-state index contributed by atoms with van der Waals surface area (Å²) in [5.74, 6) is 1.66. The maximum atomic E-state index is 6.01. The Kier molecular flexibility index (Phi) is 5.02. The van der Waals surface area contributed by atoms with Crippen LogP contribution in [0.25, 0.3) is 0 Å². The van der Waals surface area contributed by atoms with Gasteiger partial charge < -0.3 is 15.8 Å². The third kappa shape index (κ3) is 3.60. The van der Waals surface area contributed by atoms with E-state index in [1.54, 1.807) is 6.20 Å². The van der Waals surface area contributed by atoms with Crippen molar-refractivity contribution in [3.8, 4) is 5.75 Å². The fraction of sp³-hybridized carbons (Fsp3) is 0.667. The summed E-state index contributed by atoms with van der Waals surface area (Å²) >= 11 is 0. The summed E-state index contributed by atoms with van der Waals surface area (Å²) in [7, 11) is 0. The number of aromatic nitrogens is 1. The number of nitrogens with two attached hydrogens (primary N) is 1. The van der Waals surface area contributed by atoms with Gasteiger partial charge in [-0.3, -0.25) is 0 Å². The Labute approximate surface area is 115 Å². The van der Waals surface area contributed by atoms with Crippen molar-refractivity contribution in [1.29, 1.82) is 0 Å². The van der Waals surface area contributed by atoms with Gasteiger partial charge in [0.1, 0.15) is 0 Å². The van der Waals surface area contributed by atoms with Crippen LogP contribution in [-0.2, 0) is 0 Å². The van der Waals surface area contributed by atoms with Crippen molar-refractivity contribution >= 4 is 5.82 Å². The second-order valence-corrected chi connectivity index (χ2v) is 5.40. The minimum Gasteiger partial charge on any atom is -0.490 e. The van der Waals surface area contributed by atoms with E-state index in [4.69, 9.17) is 10.5 Å². The average molecular weight is 263 g/mol. The molecule has 19 heavy (non-hydrogen) atoms. The fourth-order valence-electron chi connectivity index (χ4n) is 2.82. The Morgan fingerprint density at radius 1 is 1.37 bits per heavy atom. The van der Waals surface area contributed by atoms with Gasteiger partial charge in [-0.2, -0.15) is 0 Å². The van der Waals surface area contributed by atoms with Gasteiger partial charge in [0.15, 0.2) is 11.6 Å². The third-order valence-corrected chi connectivity index (χ3v) is 4.05. The van der Waals surface area contributed by atoms with Crippen LogP contribution in [0.2, 0.25) is 0 Å². The quantitative estimate of drug-likeness (QED) is 0.828. The maximum Gasteiger partial charge on any atom is 0.168 e. The van der Waals surface area contributed by atoms with Crippen LogP contribution in [-0.4, -0.2) is 24.7 Å². The van der Waals surface area contributed by atoms with E-state index >= 15 is 0 Å². The van der Waals surface area contributed by atoms with E-state index < -0.39 is 0 Å². The highest BCUT2D eigenvalue weighted by Crippen LogP contribution is 2.36. The molecule has 1 saturated carbocycles. The van der Waals surface area contributed by atoms with Gasteiger partial charge >= 0.3 is 0 Å². The SMILES string of the molecule is CCOc1cccnc1NCC1(CN)CCCCC1. The van der Waals surface area contributed by atoms with Gasteiger partial charge in [-0.1, -0.05) is 19.3 Å². The summed E-state index contributed by atoms with van der Waals surface area (Å²) in [5.41, 5.74) is 6.24. The molecule has 1 fully saturated rings. The van der Waals surface area contributed by atoms with Gasteiger partial charge in [0.2, 0.25) is 0 Å². The lowest BCUT2D eigenvalue weighted by Crippen LogP contribution is -2.39. The van der Waals surface area contributed by atoms with E-state index in [-0.39, 0.29) is 5.41 Å². The van der Waals surface area contributed by atoms with Crippen LogP contribution >= 0.6 is 0 Å². The monoisotopic (exact) mass is 263 g/mol. The number of ether oxygens (including phenoxy) is 1. The molecule has 1 aromatic heterocycles. The van der Waals surface area contributed by atoms with Gasteiger partial charge in [0, 0.05) is 12.7 Å². The lowest BCUT2D eigenvalue weighted by Gasteiger charge is -2.36. The van der Waals surface area contributed by atoms with Crippen LogP contribution in [0.3, 0.4) is 0 Å². The molecule has 2 rings (SSSR count). The molecule has 3 N–H and O–H groups in total. The molecule has 0 saturated heterocycles. The summed E-state index contributed by atoms with van der Waals surface area (Å²) in [6.07, 6.45) is 8.15. The normalized spacial score (nSPS) is 18.0. The lowest BCUT2D eigenvalue weighted by atomic mass is 9.74. The first-order valence-electron chi connectivity index (χ1n) is 7.31. The molecular weight excluding hydrogens is 238 g/mol. The van der Waals surface area contributed by atoms with Gasteiger partial charge in [-0.25, -0.2) is 4.98 Å². The van der Waals surface area contributed by atoms with Crippen LogP contribution in [0, 0.1) is 5.41 Å². The third-order valence-electron chi connectivity index (χ3n) is 4.05. The van der Waals surface area contributed by atoms with Crippen molar-refractivity contribution in [2.45, 2.75) is 39.0 Å². The highest BCUT2D eigenvalue weighted by molar-refractivity contribution is 5.49. The number of hydrogen-bond donors (Lipinski definition) is 2. The van der Waals surface area contributed by atoms with Gasteiger partial charge in [-0.05, 0) is 43.9 Å². The number of hydrogen-bond acceptors (Lipinski definition) is 4. The first kappa shape index (κ1) is 14.1. The molecule has 0 bridgehead atoms. The number of pyridine rings is 1. The first-order chi connectivity index (χ1) is 9.29. The second kappa shape index (κ2) is 6.75. The molecule has 0 aromatic carbocycles. The van der Waals surface area contributed by atoms with E-state index in [1.807, 2.05) is 19.1 Å². The Morgan fingerprint density at radius 3 is 2.84 bits per heavy atom. The summed E-state index contributed by atoms with van der Waals surface area (Å²) in [6, 6.07) is 3.85. The minimum atomic E-state index is 0.235. The molecule has 4 heteroatoms. The Bertz CT molecular complexity index is 389. The van der Waals surface area contributed by atoms with Crippen molar-refractivity contribution in [2.24, 2.45) is 11.1 Å². The first-order valence-corrected chi connectivity index (χ1v) is 7.31. The molecule has 0 radical (unpaired) electrons. The zero-order chi connectivity index (χ0) is 13.6. The second-order valence-electron chi connectivity index (χ2n) is 5.40. The summed E-state index contributed by atoms with van der Waals surface area (Å²) < 4.78 is 5.59. The fourth-order valence-corrected chi connectivity index (χ4v) is 2.82. The molecule has 1 aliphatic carbocycles. The molecule has 0 aliphatic heterocycles. The van der Waals surface area contributed by atoms with E-state index in [2.05, 4.69) is 10.3 Å². The van der Waals surface area contributed by atoms with Crippen molar-refractivity contribution in [2.75, 3.05) is 25.0 Å². The highest BCUT2D eigenvalue weighted by Gasteiger charge is 2.30. The van der Waals surface area contributed by atoms with Gasteiger partial charge in [-0.15, -0.1) is 0 Å². The molecule has 4 nitrogen and oxygen atoms in total. The predicted molar refractivity (Wildman–Crippen MR) is 78.5 cm³/mol. The average Bonchev–Trinajstić information content (AvgIpc) is 2.48. The Balaban J connectivity index is 2.00. The van der Waals surface area contributed by atoms with E-state index in [0.717, 1.165) is 24.7 Å². The number of nitrogens with zero attached hydrogens (tertiary/aromatic N) is 1. The summed E-state index contributed by atoms with van der Waals surface area (Å²) in [6.45, 7) is 4.28. The van der Waals surface area contributed by atoms with Crippen LogP contribution in [0.5, 0.6) is 5.75 Å². The molecule has 0 amide bonds. The molecule has 1 heterocycles. The van der Waals surface area contributed by atoms with E-state index in [9.17, 15) is 0 Å². The smallest absolute Gasteiger partial charge is 0.168 e. The van der Waals surface area contributed by atoms with Gasteiger partial charge in [0.25, 0.3) is 0 Å². The largest absolute Gasteiger partial charge is 0.490 e. The zero-order valence-corrected chi connectivity index (χ0v) is 11.8. The zero-order valence-electron chi connectivity index (χ0n) is 11.8. The Hall–Kier alpha value is -1.29. The molecule has 0 spiro atoms.